The molecule has 0 bridgehead atoms. The summed E-state index contributed by atoms with van der Waals surface area (Å²) in [4.78, 5) is 11.6. The maximum atomic E-state index is 11.6. The van der Waals surface area contributed by atoms with Crippen molar-refractivity contribution in [3.63, 3.8) is 0 Å². The minimum absolute atomic E-state index is 0.107. The van der Waals surface area contributed by atoms with E-state index < -0.39 is 5.38 Å². The fraction of sp³-hybridized carbons (Fsp3) is 0.300. The molecule has 1 nitrogen and oxygen atoms in total. The van der Waals surface area contributed by atoms with Gasteiger partial charge in [-0.2, -0.15) is 0 Å². The molecule has 0 saturated carbocycles. The zero-order valence-electron chi connectivity index (χ0n) is 7.34. The molecule has 1 atom stereocenters. The van der Waals surface area contributed by atoms with E-state index >= 15 is 0 Å². The van der Waals surface area contributed by atoms with E-state index in [1.165, 1.54) is 0 Å². The number of halogens is 3. The molecule has 0 aromatic heterocycles. The molecule has 14 heavy (non-hydrogen) atoms. The van der Waals surface area contributed by atoms with Crippen LogP contribution >= 0.6 is 34.8 Å². The summed E-state index contributed by atoms with van der Waals surface area (Å²) in [5.41, 5.74) is 0.569. The molecule has 0 N–H and O–H groups in total. The van der Waals surface area contributed by atoms with Crippen LogP contribution in [0.1, 0.15) is 16.8 Å². The number of hydrogen-bond acceptors (Lipinski definition) is 1. The van der Waals surface area contributed by atoms with Gasteiger partial charge in [-0.25, -0.2) is 0 Å². The molecule has 1 rings (SSSR count). The average molecular weight is 252 g/mol. The molecule has 0 aliphatic heterocycles. The summed E-state index contributed by atoms with van der Waals surface area (Å²) in [6, 6.07) is 6.65. The Bertz CT molecular complexity index is 308. The standard InChI is InChI=1S/C10H9Cl3O/c11-6-5-9(13)10(14)7-1-3-8(12)4-2-7/h1-4,9H,5-6H2. The highest BCUT2D eigenvalue weighted by molar-refractivity contribution is 6.34. The number of rotatable bonds is 4. The van der Waals surface area contributed by atoms with E-state index in [-0.39, 0.29) is 5.78 Å². The van der Waals surface area contributed by atoms with Gasteiger partial charge in [-0.3, -0.25) is 4.79 Å². The van der Waals surface area contributed by atoms with Gasteiger partial charge in [0, 0.05) is 16.5 Å². The maximum Gasteiger partial charge on any atom is 0.180 e. The van der Waals surface area contributed by atoms with Crippen LogP contribution in [0.3, 0.4) is 0 Å². The largest absolute Gasteiger partial charge is 0.293 e. The Labute approximate surface area is 98.0 Å². The van der Waals surface area contributed by atoms with Gasteiger partial charge in [-0.05, 0) is 30.7 Å². The first kappa shape index (κ1) is 11.8. The van der Waals surface area contributed by atoms with Crippen molar-refractivity contribution in [2.75, 3.05) is 5.88 Å². The lowest BCUT2D eigenvalue weighted by atomic mass is 10.1. The maximum absolute atomic E-state index is 11.6. The van der Waals surface area contributed by atoms with E-state index in [4.69, 9.17) is 34.8 Å². The van der Waals surface area contributed by atoms with Crippen LogP contribution in [-0.2, 0) is 0 Å². The molecule has 1 aromatic rings. The van der Waals surface area contributed by atoms with E-state index in [2.05, 4.69) is 0 Å². The van der Waals surface area contributed by atoms with E-state index in [1.54, 1.807) is 24.3 Å². The Morgan fingerprint density at radius 1 is 1.29 bits per heavy atom. The third-order valence-corrected chi connectivity index (χ3v) is 2.66. The van der Waals surface area contributed by atoms with Gasteiger partial charge in [0.05, 0.1) is 5.38 Å². The monoisotopic (exact) mass is 250 g/mol. The zero-order valence-corrected chi connectivity index (χ0v) is 9.61. The minimum Gasteiger partial charge on any atom is -0.293 e. The summed E-state index contributed by atoms with van der Waals surface area (Å²) < 4.78 is 0. The molecule has 0 fully saturated rings. The van der Waals surface area contributed by atoms with Crippen LogP contribution in [0.2, 0.25) is 5.02 Å². The van der Waals surface area contributed by atoms with Gasteiger partial charge < -0.3 is 0 Å². The number of hydrogen-bond donors (Lipinski definition) is 0. The summed E-state index contributed by atoms with van der Waals surface area (Å²) in [6.45, 7) is 0. The summed E-state index contributed by atoms with van der Waals surface area (Å²) in [5, 5.41) is 0.0543. The van der Waals surface area contributed by atoms with Gasteiger partial charge >= 0.3 is 0 Å². The second-order valence-electron chi connectivity index (χ2n) is 2.82. The molecule has 4 heteroatoms. The van der Waals surface area contributed by atoms with Gasteiger partial charge in [0.15, 0.2) is 5.78 Å². The van der Waals surface area contributed by atoms with Gasteiger partial charge in [-0.1, -0.05) is 11.6 Å². The molecular formula is C10H9Cl3O. The van der Waals surface area contributed by atoms with Crippen LogP contribution in [-0.4, -0.2) is 17.0 Å². The zero-order chi connectivity index (χ0) is 10.6. The highest BCUT2D eigenvalue weighted by Crippen LogP contribution is 2.15. The lowest BCUT2D eigenvalue weighted by molar-refractivity contribution is 0.0986. The number of alkyl halides is 2. The molecule has 0 radical (unpaired) electrons. The molecule has 0 amide bonds. The van der Waals surface area contributed by atoms with Crippen LogP contribution in [0.5, 0.6) is 0 Å². The van der Waals surface area contributed by atoms with Crippen LogP contribution in [0, 0.1) is 0 Å². The van der Waals surface area contributed by atoms with Crippen molar-refractivity contribution < 1.29 is 4.79 Å². The summed E-state index contributed by atoms with van der Waals surface area (Å²) in [5.74, 6) is 0.275. The minimum atomic E-state index is -0.548. The van der Waals surface area contributed by atoms with Gasteiger partial charge in [0.2, 0.25) is 0 Å². The molecular weight excluding hydrogens is 242 g/mol. The van der Waals surface area contributed by atoms with Crippen LogP contribution in [0.4, 0.5) is 0 Å². The van der Waals surface area contributed by atoms with E-state index in [1.807, 2.05) is 0 Å². The lowest BCUT2D eigenvalue weighted by Gasteiger charge is -2.05. The predicted octanol–water partition coefficient (Wildman–Crippen LogP) is 3.76. The summed E-state index contributed by atoms with van der Waals surface area (Å²) in [7, 11) is 0. The van der Waals surface area contributed by atoms with Gasteiger partial charge in [-0.15, -0.1) is 23.2 Å². The van der Waals surface area contributed by atoms with Crippen molar-refractivity contribution in [2.24, 2.45) is 0 Å². The molecule has 0 aliphatic carbocycles. The quantitative estimate of drug-likeness (QED) is 0.588. The summed E-state index contributed by atoms with van der Waals surface area (Å²) in [6.07, 6.45) is 0.477. The Balaban J connectivity index is 2.74. The van der Waals surface area contributed by atoms with Crippen molar-refractivity contribution in [1.82, 2.24) is 0 Å². The molecule has 0 heterocycles. The van der Waals surface area contributed by atoms with E-state index in [0.29, 0.717) is 22.9 Å². The second kappa shape index (κ2) is 5.59. The Morgan fingerprint density at radius 2 is 1.86 bits per heavy atom. The third-order valence-electron chi connectivity index (χ3n) is 1.78. The van der Waals surface area contributed by atoms with Crippen LogP contribution < -0.4 is 0 Å². The van der Waals surface area contributed by atoms with E-state index in [9.17, 15) is 4.79 Å². The predicted molar refractivity (Wildman–Crippen MR) is 60.8 cm³/mol. The van der Waals surface area contributed by atoms with Crippen LogP contribution in [0.25, 0.3) is 0 Å². The fourth-order valence-corrected chi connectivity index (χ4v) is 1.71. The smallest absolute Gasteiger partial charge is 0.180 e. The first-order valence-electron chi connectivity index (χ1n) is 4.15. The molecule has 1 unspecified atom stereocenters. The first-order valence-corrected chi connectivity index (χ1v) is 5.50. The number of Topliss-reactive ketones (excluding diaryl/α,β-unsaturated/α-hetero) is 1. The number of benzene rings is 1. The molecule has 0 aliphatic rings. The van der Waals surface area contributed by atoms with Crippen LogP contribution in [0.15, 0.2) is 24.3 Å². The van der Waals surface area contributed by atoms with Crippen molar-refractivity contribution >= 4 is 40.6 Å². The topological polar surface area (TPSA) is 17.1 Å². The Kier molecular flexibility index (Phi) is 4.73. The first-order chi connectivity index (χ1) is 6.65. The third kappa shape index (κ3) is 3.16. The van der Waals surface area contributed by atoms with Gasteiger partial charge in [0.1, 0.15) is 0 Å². The number of ketones is 1. The van der Waals surface area contributed by atoms with Crippen molar-refractivity contribution in [2.45, 2.75) is 11.8 Å². The van der Waals surface area contributed by atoms with E-state index in [0.717, 1.165) is 0 Å². The SMILES string of the molecule is O=C(c1ccc(Cl)cc1)C(Cl)CCCl. The molecule has 0 saturated heterocycles. The molecule has 0 spiro atoms. The Morgan fingerprint density at radius 3 is 2.36 bits per heavy atom. The number of carbonyl (C=O) groups is 1. The highest BCUT2D eigenvalue weighted by atomic mass is 35.5. The van der Waals surface area contributed by atoms with Crippen molar-refractivity contribution in [1.29, 1.82) is 0 Å². The normalized spacial score (nSPS) is 12.5. The number of carbonyl (C=O) groups excluding carboxylic acids is 1. The molecule has 76 valence electrons. The average Bonchev–Trinajstić information content (AvgIpc) is 2.18. The molecule has 1 aromatic carbocycles. The fourth-order valence-electron chi connectivity index (χ4n) is 1.02. The van der Waals surface area contributed by atoms with Crippen molar-refractivity contribution in [3.05, 3.63) is 34.9 Å². The van der Waals surface area contributed by atoms with Crippen molar-refractivity contribution in [3.8, 4) is 0 Å². The highest BCUT2D eigenvalue weighted by Gasteiger charge is 2.16. The summed E-state index contributed by atoms with van der Waals surface area (Å²) >= 11 is 17.0. The second-order valence-corrected chi connectivity index (χ2v) is 4.16. The van der Waals surface area contributed by atoms with Gasteiger partial charge in [0.25, 0.3) is 0 Å². The lowest BCUT2D eigenvalue weighted by Crippen LogP contribution is -2.14. The Hall–Kier alpha value is -0.240.